The third-order valence-corrected chi connectivity index (χ3v) is 9.46. The minimum atomic E-state index is -4.35. The average molecular weight is 597 g/mol. The van der Waals surface area contributed by atoms with Crippen LogP contribution in [0.3, 0.4) is 0 Å². The average Bonchev–Trinajstić information content (AvgIpc) is 3.07. The van der Waals surface area contributed by atoms with Crippen molar-refractivity contribution in [3.63, 3.8) is 0 Å². The van der Waals surface area contributed by atoms with Gasteiger partial charge in [-0.1, -0.05) is 49.1 Å². The summed E-state index contributed by atoms with van der Waals surface area (Å²) in [5, 5.41) is 0.213. The molecule has 5 rings (SSSR count). The molecule has 0 saturated heterocycles. The Hall–Kier alpha value is -3.87. The minimum Gasteiger partial charge on any atom is -0.408 e. The first kappa shape index (κ1) is 28.7. The van der Waals surface area contributed by atoms with Crippen LogP contribution < -0.4 is 15.4 Å². The number of hydrogen-bond donors (Lipinski definition) is 0. The van der Waals surface area contributed by atoms with E-state index in [0.29, 0.717) is 11.1 Å². The zero-order valence-corrected chi connectivity index (χ0v) is 22.5. The minimum absolute atomic E-state index is 0.0412. The van der Waals surface area contributed by atoms with Gasteiger partial charge in [0.05, 0.1) is 8.07 Å². The molecule has 0 fully saturated rings. The zero-order chi connectivity index (χ0) is 30.2. The lowest BCUT2D eigenvalue weighted by Gasteiger charge is -2.36. The molecule has 3 aromatic carbocycles. The molecule has 2 heterocycles. The summed E-state index contributed by atoms with van der Waals surface area (Å²) in [4.78, 5) is 0. The fraction of sp³-hybridized carbons (Fsp3) is 0.107. The van der Waals surface area contributed by atoms with E-state index in [0.717, 1.165) is 16.7 Å². The van der Waals surface area contributed by atoms with Crippen LogP contribution in [0.2, 0.25) is 19.6 Å². The fourth-order valence-electron chi connectivity index (χ4n) is 5.65. The topological polar surface area (TPSA) is 3.88 Å². The Balaban J connectivity index is 2.21. The molecule has 1 aromatic heterocycles. The molecule has 0 amide bonds. The van der Waals surface area contributed by atoms with Crippen LogP contribution in [0.15, 0.2) is 54.6 Å². The van der Waals surface area contributed by atoms with Crippen LogP contribution in [0.4, 0.5) is 43.9 Å². The van der Waals surface area contributed by atoms with E-state index in [9.17, 15) is 26.3 Å². The van der Waals surface area contributed by atoms with E-state index in [1.807, 2.05) is 0 Å². The van der Waals surface area contributed by atoms with Crippen LogP contribution in [0, 0.1) is 58.2 Å². The first-order chi connectivity index (χ1) is 19.2. The van der Waals surface area contributed by atoms with Gasteiger partial charge in [0.1, 0.15) is 29.5 Å². The van der Waals surface area contributed by atoms with E-state index in [1.54, 1.807) is 43.9 Å². The first-order valence-corrected chi connectivity index (χ1v) is 15.7. The Kier molecular flexibility index (Phi) is 6.71. The molecule has 212 valence electrons. The highest BCUT2D eigenvalue weighted by Crippen LogP contribution is 2.38. The summed E-state index contributed by atoms with van der Waals surface area (Å²) in [6.45, 7) is 5.19. The van der Waals surface area contributed by atoms with Gasteiger partial charge in [0.15, 0.2) is 40.6 Å². The molecule has 0 bridgehead atoms. The fourth-order valence-corrected chi connectivity index (χ4v) is 7.42. The molecule has 4 aromatic rings. The Bertz CT molecular complexity index is 1670. The SMILES string of the molecule is C[Si](C)(C)C1=C[B-](c2c(F)c(F)c(F)c(F)c2F)(c2c(F)c(F)c(F)c(F)c2F)[n+]2ccccc2-c2ccccc21. The summed E-state index contributed by atoms with van der Waals surface area (Å²) in [7, 11) is -2.83. The largest absolute Gasteiger partial charge is 0.408 e. The lowest BCUT2D eigenvalue weighted by Crippen LogP contribution is -2.81. The van der Waals surface area contributed by atoms with Gasteiger partial charge in [-0.05, 0) is 28.6 Å². The number of aromatic nitrogens is 1. The number of nitrogens with zero attached hydrogens (tertiary/aromatic N) is 1. The maximum absolute atomic E-state index is 15.8. The summed E-state index contributed by atoms with van der Waals surface area (Å²) in [5.74, 6) is -23.9. The maximum atomic E-state index is 15.8. The summed E-state index contributed by atoms with van der Waals surface area (Å²) in [5.41, 5.74) is -2.84. The van der Waals surface area contributed by atoms with Crippen molar-refractivity contribution >= 4 is 30.5 Å². The number of benzene rings is 3. The smallest absolute Gasteiger partial charge is 0.365 e. The standard InChI is InChI=1S/C28H18BF10NSi/c1-41(2,3)16-12-29(17-19(30)23(34)27(38)24(35)20(17)31,18-21(32)25(36)28(39)26(37)22(18)33)40-11-7-6-10-15(40)13-8-4-5-9-14(13)16/h4-12H,1-3H3. The quantitative estimate of drug-likeness (QED) is 0.111. The second kappa shape index (κ2) is 9.61. The molecule has 0 aliphatic carbocycles. The van der Waals surface area contributed by atoms with Gasteiger partial charge in [-0.25, -0.2) is 43.9 Å². The molecule has 0 unspecified atom stereocenters. The van der Waals surface area contributed by atoms with Gasteiger partial charge >= 0.3 is 6.28 Å². The second-order valence-corrected chi connectivity index (χ2v) is 15.8. The van der Waals surface area contributed by atoms with Crippen LogP contribution in [-0.4, -0.2) is 14.4 Å². The Morgan fingerprint density at radius 3 is 1.34 bits per heavy atom. The normalized spacial score (nSPS) is 14.3. The molecule has 0 N–H and O–H groups in total. The molecule has 0 radical (unpaired) electrons. The monoisotopic (exact) mass is 597 g/mol. The Morgan fingerprint density at radius 1 is 0.512 bits per heavy atom. The lowest BCUT2D eigenvalue weighted by atomic mass is 9.26. The van der Waals surface area contributed by atoms with E-state index < -0.39 is 83.5 Å². The van der Waals surface area contributed by atoms with Gasteiger partial charge in [0.25, 0.3) is 0 Å². The van der Waals surface area contributed by atoms with Crippen LogP contribution in [-0.2, 0) is 0 Å². The highest BCUT2D eigenvalue weighted by molar-refractivity contribution is 7.04. The number of halogens is 10. The molecular weight excluding hydrogens is 579 g/mol. The van der Waals surface area contributed by atoms with Gasteiger partial charge in [0, 0.05) is 11.6 Å². The van der Waals surface area contributed by atoms with Crippen molar-refractivity contribution in [2.45, 2.75) is 19.6 Å². The molecule has 1 aliphatic heterocycles. The molecule has 1 aliphatic rings. The summed E-state index contributed by atoms with van der Waals surface area (Å²) in [6, 6.07) is 10.3. The highest BCUT2D eigenvalue weighted by Gasteiger charge is 2.53. The molecule has 0 saturated carbocycles. The van der Waals surface area contributed by atoms with Crippen molar-refractivity contribution in [2.24, 2.45) is 0 Å². The van der Waals surface area contributed by atoms with Gasteiger partial charge in [0.2, 0.25) is 0 Å². The highest BCUT2D eigenvalue weighted by atomic mass is 28.3. The van der Waals surface area contributed by atoms with Crippen LogP contribution in [0.1, 0.15) is 5.56 Å². The van der Waals surface area contributed by atoms with Crippen molar-refractivity contribution in [3.8, 4) is 11.3 Å². The first-order valence-electron chi connectivity index (χ1n) is 12.2. The summed E-state index contributed by atoms with van der Waals surface area (Å²) < 4.78 is 152. The number of hydrogen-bond acceptors (Lipinski definition) is 0. The second-order valence-electron chi connectivity index (χ2n) is 10.7. The lowest BCUT2D eigenvalue weighted by molar-refractivity contribution is -0.527. The molecule has 41 heavy (non-hydrogen) atoms. The van der Waals surface area contributed by atoms with E-state index in [4.69, 9.17) is 0 Å². The third kappa shape index (κ3) is 3.96. The molecular formula is C28H18BF10NSi. The predicted molar refractivity (Wildman–Crippen MR) is 136 cm³/mol. The Morgan fingerprint density at radius 2 is 0.902 bits per heavy atom. The van der Waals surface area contributed by atoms with Gasteiger partial charge in [-0.3, -0.25) is 0 Å². The van der Waals surface area contributed by atoms with Gasteiger partial charge in [-0.2, -0.15) is 5.98 Å². The van der Waals surface area contributed by atoms with Crippen molar-refractivity contribution in [1.82, 2.24) is 0 Å². The number of pyridine rings is 1. The van der Waals surface area contributed by atoms with Crippen LogP contribution in [0.25, 0.3) is 16.5 Å². The molecule has 1 nitrogen and oxygen atoms in total. The third-order valence-electron chi connectivity index (χ3n) is 7.41. The van der Waals surface area contributed by atoms with Gasteiger partial charge in [-0.15, -0.1) is 0 Å². The van der Waals surface area contributed by atoms with E-state index >= 15 is 17.6 Å². The van der Waals surface area contributed by atoms with Crippen molar-refractivity contribution in [2.75, 3.05) is 0 Å². The number of fused-ring (bicyclic) bond motifs is 3. The Labute approximate surface area is 228 Å². The molecule has 0 atom stereocenters. The zero-order valence-electron chi connectivity index (χ0n) is 21.5. The van der Waals surface area contributed by atoms with Crippen molar-refractivity contribution in [1.29, 1.82) is 0 Å². The summed E-state index contributed by atoms with van der Waals surface area (Å²) in [6.07, 6.45) is -3.32. The van der Waals surface area contributed by atoms with E-state index in [-0.39, 0.29) is 10.9 Å². The van der Waals surface area contributed by atoms with Crippen LogP contribution in [0.5, 0.6) is 0 Å². The van der Waals surface area contributed by atoms with E-state index in [2.05, 4.69) is 0 Å². The van der Waals surface area contributed by atoms with Crippen molar-refractivity contribution in [3.05, 3.63) is 118 Å². The summed E-state index contributed by atoms with van der Waals surface area (Å²) >= 11 is 0. The molecule has 13 heteroatoms. The molecule has 0 spiro atoms. The maximum Gasteiger partial charge on any atom is 0.365 e. The predicted octanol–water partition coefficient (Wildman–Crippen LogP) is 6.45. The number of rotatable bonds is 3. The van der Waals surface area contributed by atoms with Crippen LogP contribution >= 0.6 is 0 Å². The van der Waals surface area contributed by atoms with E-state index in [1.165, 1.54) is 18.2 Å². The van der Waals surface area contributed by atoms with Crippen molar-refractivity contribution < 1.29 is 48.4 Å². The van der Waals surface area contributed by atoms with Gasteiger partial charge < -0.3 is 4.48 Å².